The summed E-state index contributed by atoms with van der Waals surface area (Å²) in [5.74, 6) is -0.853. The number of hydrogen-bond donors (Lipinski definition) is 2. The molecule has 3 nitrogen and oxygen atoms in total. The Hall–Kier alpha value is -1.22. The maximum atomic E-state index is 10.1. The van der Waals surface area contributed by atoms with Gasteiger partial charge in [0.05, 0.1) is 0 Å². The molecular weight excluding hydrogens is 178 g/mol. The molecule has 0 aromatic heterocycles. The standard InChI is InChI=1S/C8H9NO2.ClH/c10-8(11)6-9-7-4-2-1-3-5-7;/h1-5,9H,6H2,(H,10,11);1H. The lowest BCUT2D eigenvalue weighted by Crippen LogP contribution is -2.11. The van der Waals surface area contributed by atoms with E-state index < -0.39 is 5.97 Å². The molecule has 0 saturated heterocycles. The van der Waals surface area contributed by atoms with Gasteiger partial charge in [-0.05, 0) is 12.1 Å². The summed E-state index contributed by atoms with van der Waals surface area (Å²) in [6.07, 6.45) is 0. The van der Waals surface area contributed by atoms with Crippen LogP contribution in [0.2, 0.25) is 0 Å². The molecule has 1 aromatic rings. The average molecular weight is 188 g/mol. The minimum Gasteiger partial charge on any atom is -0.480 e. The first-order valence-corrected chi connectivity index (χ1v) is 3.30. The number of para-hydroxylation sites is 1. The van der Waals surface area contributed by atoms with E-state index in [0.29, 0.717) is 0 Å². The Morgan fingerprint density at radius 3 is 2.42 bits per heavy atom. The Kier molecular flexibility index (Phi) is 4.88. The largest absolute Gasteiger partial charge is 0.480 e. The molecule has 0 saturated carbocycles. The van der Waals surface area contributed by atoms with Gasteiger partial charge in [-0.1, -0.05) is 18.2 Å². The van der Waals surface area contributed by atoms with Gasteiger partial charge in [-0.3, -0.25) is 4.79 Å². The van der Waals surface area contributed by atoms with Gasteiger partial charge >= 0.3 is 5.97 Å². The van der Waals surface area contributed by atoms with Gasteiger partial charge in [0.25, 0.3) is 0 Å². The first-order chi connectivity index (χ1) is 5.29. The van der Waals surface area contributed by atoms with Crippen molar-refractivity contribution >= 4 is 24.1 Å². The molecule has 0 heterocycles. The van der Waals surface area contributed by atoms with Crippen molar-refractivity contribution in [2.75, 3.05) is 11.9 Å². The monoisotopic (exact) mass is 187 g/mol. The quantitative estimate of drug-likeness (QED) is 0.756. The molecule has 66 valence electrons. The van der Waals surface area contributed by atoms with Crippen LogP contribution in [0.3, 0.4) is 0 Å². The first-order valence-electron chi connectivity index (χ1n) is 3.30. The third-order valence-corrected chi connectivity index (χ3v) is 1.22. The summed E-state index contributed by atoms with van der Waals surface area (Å²) in [5, 5.41) is 11.1. The molecule has 0 fully saturated rings. The summed E-state index contributed by atoms with van der Waals surface area (Å²) in [4.78, 5) is 10.1. The summed E-state index contributed by atoms with van der Waals surface area (Å²) >= 11 is 0. The van der Waals surface area contributed by atoms with E-state index in [1.807, 2.05) is 30.3 Å². The summed E-state index contributed by atoms with van der Waals surface area (Å²) in [7, 11) is 0. The highest BCUT2D eigenvalue weighted by Crippen LogP contribution is 2.03. The van der Waals surface area contributed by atoms with Crippen LogP contribution in [0, 0.1) is 0 Å². The molecule has 0 aliphatic carbocycles. The summed E-state index contributed by atoms with van der Waals surface area (Å²) in [6, 6.07) is 9.23. The maximum absolute atomic E-state index is 10.1. The van der Waals surface area contributed by atoms with Gasteiger partial charge in [0.2, 0.25) is 0 Å². The molecule has 2 N–H and O–H groups in total. The number of nitrogens with one attached hydrogen (secondary N) is 1. The molecule has 0 atom stereocenters. The number of carboxylic acid groups (broad SMARTS) is 1. The lowest BCUT2D eigenvalue weighted by Gasteiger charge is -2.00. The number of hydrogen-bond acceptors (Lipinski definition) is 2. The Morgan fingerprint density at radius 2 is 1.92 bits per heavy atom. The Bertz CT molecular complexity index is 238. The van der Waals surface area contributed by atoms with E-state index in [4.69, 9.17) is 5.11 Å². The van der Waals surface area contributed by atoms with Crippen molar-refractivity contribution in [1.29, 1.82) is 0 Å². The number of aliphatic carboxylic acids is 1. The summed E-state index contributed by atoms with van der Waals surface area (Å²) in [6.45, 7) is -0.0377. The zero-order chi connectivity index (χ0) is 8.10. The Labute approximate surface area is 76.8 Å². The molecule has 0 radical (unpaired) electrons. The van der Waals surface area contributed by atoms with Gasteiger partial charge in [-0.15, -0.1) is 12.4 Å². The predicted molar refractivity (Wildman–Crippen MR) is 49.8 cm³/mol. The highest BCUT2D eigenvalue weighted by atomic mass is 35.5. The second kappa shape index (κ2) is 5.43. The number of rotatable bonds is 3. The zero-order valence-electron chi connectivity index (χ0n) is 6.36. The third kappa shape index (κ3) is 3.83. The van der Waals surface area contributed by atoms with Crippen molar-refractivity contribution in [3.63, 3.8) is 0 Å². The van der Waals surface area contributed by atoms with E-state index in [-0.39, 0.29) is 19.0 Å². The number of carboxylic acids is 1. The summed E-state index contributed by atoms with van der Waals surface area (Å²) < 4.78 is 0. The van der Waals surface area contributed by atoms with Crippen molar-refractivity contribution in [1.82, 2.24) is 0 Å². The number of halogens is 1. The highest BCUT2D eigenvalue weighted by Gasteiger charge is 1.93. The van der Waals surface area contributed by atoms with Crippen molar-refractivity contribution in [2.24, 2.45) is 0 Å². The maximum Gasteiger partial charge on any atom is 0.322 e. The fraction of sp³-hybridized carbons (Fsp3) is 0.125. The van der Waals surface area contributed by atoms with E-state index in [0.717, 1.165) is 5.69 Å². The van der Waals surface area contributed by atoms with Gasteiger partial charge in [0.15, 0.2) is 0 Å². The minimum atomic E-state index is -0.853. The van der Waals surface area contributed by atoms with Crippen LogP contribution >= 0.6 is 12.4 Å². The van der Waals surface area contributed by atoms with Crippen molar-refractivity contribution in [2.45, 2.75) is 0 Å². The van der Waals surface area contributed by atoms with Crippen LogP contribution in [0.15, 0.2) is 30.3 Å². The highest BCUT2D eigenvalue weighted by molar-refractivity contribution is 5.85. The van der Waals surface area contributed by atoms with E-state index in [1.165, 1.54) is 0 Å². The van der Waals surface area contributed by atoms with Gasteiger partial charge in [0, 0.05) is 5.69 Å². The molecule has 12 heavy (non-hydrogen) atoms. The molecule has 4 heteroatoms. The van der Waals surface area contributed by atoms with E-state index in [9.17, 15) is 4.79 Å². The van der Waals surface area contributed by atoms with E-state index in [1.54, 1.807) is 0 Å². The molecule has 0 spiro atoms. The molecule has 0 amide bonds. The molecule has 1 rings (SSSR count). The second-order valence-electron chi connectivity index (χ2n) is 2.11. The van der Waals surface area contributed by atoms with Crippen LogP contribution in [0.5, 0.6) is 0 Å². The number of benzene rings is 1. The van der Waals surface area contributed by atoms with E-state index in [2.05, 4.69) is 5.32 Å². The second-order valence-corrected chi connectivity index (χ2v) is 2.11. The average Bonchev–Trinajstić information content (AvgIpc) is 2.03. The molecule has 0 unspecified atom stereocenters. The van der Waals surface area contributed by atoms with Crippen LogP contribution in [0.4, 0.5) is 5.69 Å². The summed E-state index contributed by atoms with van der Waals surface area (Å²) in [5.41, 5.74) is 0.829. The predicted octanol–water partition coefficient (Wildman–Crippen LogP) is 1.60. The Balaban J connectivity index is 0.00000121. The molecule has 0 aliphatic rings. The third-order valence-electron chi connectivity index (χ3n) is 1.22. The smallest absolute Gasteiger partial charge is 0.322 e. The Morgan fingerprint density at radius 1 is 1.33 bits per heavy atom. The number of carbonyl (C=O) groups is 1. The molecule has 1 aromatic carbocycles. The number of anilines is 1. The van der Waals surface area contributed by atoms with Gasteiger partial charge in [-0.25, -0.2) is 0 Å². The molecule has 0 aliphatic heterocycles. The fourth-order valence-electron chi connectivity index (χ4n) is 0.734. The van der Waals surface area contributed by atoms with Crippen LogP contribution < -0.4 is 5.32 Å². The van der Waals surface area contributed by atoms with Gasteiger partial charge in [0.1, 0.15) is 6.54 Å². The van der Waals surface area contributed by atoms with Crippen LogP contribution in [0.1, 0.15) is 0 Å². The van der Waals surface area contributed by atoms with Crippen LogP contribution in [-0.2, 0) is 4.79 Å². The van der Waals surface area contributed by atoms with E-state index >= 15 is 0 Å². The lowest BCUT2D eigenvalue weighted by molar-refractivity contribution is -0.134. The fourth-order valence-corrected chi connectivity index (χ4v) is 0.734. The topological polar surface area (TPSA) is 49.3 Å². The molecule has 0 bridgehead atoms. The van der Waals surface area contributed by atoms with Crippen LogP contribution in [-0.4, -0.2) is 17.6 Å². The SMILES string of the molecule is Cl.O=C(O)CNc1ccccc1. The van der Waals surface area contributed by atoms with Crippen molar-refractivity contribution in [3.05, 3.63) is 30.3 Å². The van der Waals surface area contributed by atoms with Crippen molar-refractivity contribution < 1.29 is 9.90 Å². The zero-order valence-corrected chi connectivity index (χ0v) is 7.17. The van der Waals surface area contributed by atoms with Gasteiger partial charge < -0.3 is 10.4 Å². The lowest BCUT2D eigenvalue weighted by atomic mass is 10.3. The van der Waals surface area contributed by atoms with Gasteiger partial charge in [-0.2, -0.15) is 0 Å². The minimum absolute atomic E-state index is 0. The van der Waals surface area contributed by atoms with Crippen molar-refractivity contribution in [3.8, 4) is 0 Å². The first kappa shape index (κ1) is 10.8. The molecular formula is C8H10ClNO2. The van der Waals surface area contributed by atoms with Crippen LogP contribution in [0.25, 0.3) is 0 Å². The normalized spacial score (nSPS) is 8.33.